The van der Waals surface area contributed by atoms with Gasteiger partial charge in [-0.1, -0.05) is 18.7 Å². The van der Waals surface area contributed by atoms with Gasteiger partial charge in [0.1, 0.15) is 5.82 Å². The van der Waals surface area contributed by atoms with E-state index in [-0.39, 0.29) is 0 Å². The molecule has 2 rings (SSSR count). The molecule has 0 amide bonds. The molecule has 0 aliphatic carbocycles. The molecule has 0 bridgehead atoms. The Bertz CT molecular complexity index is 397. The third kappa shape index (κ3) is 4.54. The molecular formula is C13H21N3O2S. The van der Waals surface area contributed by atoms with E-state index in [2.05, 4.69) is 22.2 Å². The standard InChI is InChI=1S/C13H21N3O2S/c1-3-5-14-11-7-12(16-13(15-11)19-2)18-9-10-4-6-17-8-10/h7,10H,3-6,8-9H2,1-2H3,(H,14,15,16). The zero-order chi connectivity index (χ0) is 13.5. The first-order chi connectivity index (χ1) is 9.31. The van der Waals surface area contributed by atoms with Crippen LogP contribution < -0.4 is 10.1 Å². The summed E-state index contributed by atoms with van der Waals surface area (Å²) in [5, 5.41) is 4.00. The molecule has 19 heavy (non-hydrogen) atoms. The van der Waals surface area contributed by atoms with E-state index in [0.717, 1.165) is 43.6 Å². The van der Waals surface area contributed by atoms with Crippen molar-refractivity contribution in [2.75, 3.05) is 37.9 Å². The van der Waals surface area contributed by atoms with Crippen molar-refractivity contribution in [3.63, 3.8) is 0 Å². The van der Waals surface area contributed by atoms with Gasteiger partial charge in [0.2, 0.25) is 5.88 Å². The maximum atomic E-state index is 5.77. The Kier molecular flexibility index (Phi) is 5.72. The SMILES string of the molecule is CCCNc1cc(OCC2CCOC2)nc(SC)n1. The van der Waals surface area contributed by atoms with Crippen molar-refractivity contribution in [2.45, 2.75) is 24.9 Å². The van der Waals surface area contributed by atoms with Gasteiger partial charge in [-0.25, -0.2) is 4.98 Å². The minimum absolute atomic E-state index is 0.486. The van der Waals surface area contributed by atoms with Crippen molar-refractivity contribution in [2.24, 2.45) is 5.92 Å². The number of thioether (sulfide) groups is 1. The first kappa shape index (κ1) is 14.4. The van der Waals surface area contributed by atoms with Gasteiger partial charge < -0.3 is 14.8 Å². The van der Waals surface area contributed by atoms with Crippen LogP contribution >= 0.6 is 11.8 Å². The monoisotopic (exact) mass is 283 g/mol. The van der Waals surface area contributed by atoms with E-state index < -0.39 is 0 Å². The summed E-state index contributed by atoms with van der Waals surface area (Å²) in [6, 6.07) is 1.87. The Morgan fingerprint density at radius 1 is 1.53 bits per heavy atom. The molecule has 0 aromatic carbocycles. The van der Waals surface area contributed by atoms with E-state index in [4.69, 9.17) is 9.47 Å². The van der Waals surface area contributed by atoms with Gasteiger partial charge in [-0.15, -0.1) is 0 Å². The van der Waals surface area contributed by atoms with E-state index in [9.17, 15) is 0 Å². The lowest BCUT2D eigenvalue weighted by atomic mass is 10.1. The average Bonchev–Trinajstić information content (AvgIpc) is 2.96. The zero-order valence-electron chi connectivity index (χ0n) is 11.5. The Morgan fingerprint density at radius 3 is 3.11 bits per heavy atom. The van der Waals surface area contributed by atoms with Crippen molar-refractivity contribution in [1.82, 2.24) is 9.97 Å². The van der Waals surface area contributed by atoms with Crippen LogP contribution in [0.1, 0.15) is 19.8 Å². The van der Waals surface area contributed by atoms with E-state index in [1.165, 1.54) is 11.8 Å². The number of anilines is 1. The third-order valence-electron chi connectivity index (χ3n) is 2.91. The second kappa shape index (κ2) is 7.55. The Hall–Kier alpha value is -1.01. The number of nitrogens with zero attached hydrogens (tertiary/aromatic N) is 2. The summed E-state index contributed by atoms with van der Waals surface area (Å²) in [7, 11) is 0. The van der Waals surface area contributed by atoms with Crippen LogP contribution in [0, 0.1) is 5.92 Å². The summed E-state index contributed by atoms with van der Waals surface area (Å²) in [5.74, 6) is 1.96. The number of ether oxygens (including phenoxy) is 2. The predicted molar refractivity (Wildman–Crippen MR) is 77.0 cm³/mol. The quantitative estimate of drug-likeness (QED) is 0.613. The van der Waals surface area contributed by atoms with E-state index in [0.29, 0.717) is 18.4 Å². The fourth-order valence-corrected chi connectivity index (χ4v) is 2.20. The molecule has 1 saturated heterocycles. The van der Waals surface area contributed by atoms with Crippen LogP contribution in [0.25, 0.3) is 0 Å². The van der Waals surface area contributed by atoms with Gasteiger partial charge in [0, 0.05) is 25.1 Å². The minimum atomic E-state index is 0.486. The highest BCUT2D eigenvalue weighted by Crippen LogP contribution is 2.20. The summed E-state index contributed by atoms with van der Waals surface area (Å²) in [4.78, 5) is 8.77. The van der Waals surface area contributed by atoms with E-state index in [1.807, 2.05) is 12.3 Å². The molecule has 6 heteroatoms. The highest BCUT2D eigenvalue weighted by molar-refractivity contribution is 7.98. The van der Waals surface area contributed by atoms with E-state index >= 15 is 0 Å². The summed E-state index contributed by atoms with van der Waals surface area (Å²) in [5.41, 5.74) is 0. The van der Waals surface area contributed by atoms with Gasteiger partial charge >= 0.3 is 0 Å². The molecule has 0 radical (unpaired) electrons. The second-order valence-electron chi connectivity index (χ2n) is 4.55. The minimum Gasteiger partial charge on any atom is -0.477 e. The summed E-state index contributed by atoms with van der Waals surface area (Å²) < 4.78 is 11.1. The van der Waals surface area contributed by atoms with Crippen molar-refractivity contribution in [1.29, 1.82) is 0 Å². The number of nitrogens with one attached hydrogen (secondary N) is 1. The summed E-state index contributed by atoms with van der Waals surface area (Å²) in [6.07, 6.45) is 4.10. The molecule has 1 unspecified atom stereocenters. The van der Waals surface area contributed by atoms with Gasteiger partial charge in [0.05, 0.1) is 13.2 Å². The molecule has 0 spiro atoms. The van der Waals surface area contributed by atoms with Crippen molar-refractivity contribution in [3.05, 3.63) is 6.07 Å². The van der Waals surface area contributed by atoms with Crippen molar-refractivity contribution in [3.8, 4) is 5.88 Å². The smallest absolute Gasteiger partial charge is 0.219 e. The molecule has 1 fully saturated rings. The topological polar surface area (TPSA) is 56.3 Å². The van der Waals surface area contributed by atoms with Gasteiger partial charge in [-0.3, -0.25) is 0 Å². The molecule has 106 valence electrons. The molecule has 2 heterocycles. The average molecular weight is 283 g/mol. The lowest BCUT2D eigenvalue weighted by molar-refractivity contribution is 0.165. The Morgan fingerprint density at radius 2 is 2.42 bits per heavy atom. The highest BCUT2D eigenvalue weighted by atomic mass is 32.2. The van der Waals surface area contributed by atoms with E-state index in [1.54, 1.807) is 0 Å². The van der Waals surface area contributed by atoms with Crippen LogP contribution in [0.3, 0.4) is 0 Å². The molecule has 1 aliphatic heterocycles. The molecule has 1 aromatic heterocycles. The predicted octanol–water partition coefficient (Wildman–Crippen LogP) is 2.44. The Labute approximate surface area is 118 Å². The van der Waals surface area contributed by atoms with Gasteiger partial charge in [0.15, 0.2) is 5.16 Å². The van der Waals surface area contributed by atoms with Crippen LogP contribution in [0.5, 0.6) is 5.88 Å². The molecular weight excluding hydrogens is 262 g/mol. The van der Waals surface area contributed by atoms with Crippen LogP contribution in [-0.4, -0.2) is 42.6 Å². The first-order valence-electron chi connectivity index (χ1n) is 6.69. The second-order valence-corrected chi connectivity index (χ2v) is 5.32. The number of rotatable bonds is 7. The van der Waals surface area contributed by atoms with Gasteiger partial charge in [-0.2, -0.15) is 4.98 Å². The third-order valence-corrected chi connectivity index (χ3v) is 3.46. The molecule has 5 nitrogen and oxygen atoms in total. The lowest BCUT2D eigenvalue weighted by Crippen LogP contribution is -2.13. The normalized spacial score (nSPS) is 18.5. The molecule has 1 aliphatic rings. The van der Waals surface area contributed by atoms with Crippen LogP contribution in [-0.2, 0) is 4.74 Å². The fourth-order valence-electron chi connectivity index (χ4n) is 1.83. The molecule has 0 saturated carbocycles. The number of hydrogen-bond donors (Lipinski definition) is 1. The van der Waals surface area contributed by atoms with Crippen molar-refractivity contribution >= 4 is 17.6 Å². The van der Waals surface area contributed by atoms with Gasteiger partial charge in [0.25, 0.3) is 0 Å². The zero-order valence-corrected chi connectivity index (χ0v) is 12.3. The largest absolute Gasteiger partial charge is 0.477 e. The fraction of sp³-hybridized carbons (Fsp3) is 0.692. The highest BCUT2D eigenvalue weighted by Gasteiger charge is 2.16. The maximum Gasteiger partial charge on any atom is 0.219 e. The van der Waals surface area contributed by atoms with Crippen LogP contribution in [0.4, 0.5) is 5.82 Å². The number of hydrogen-bond acceptors (Lipinski definition) is 6. The van der Waals surface area contributed by atoms with Crippen molar-refractivity contribution < 1.29 is 9.47 Å². The van der Waals surface area contributed by atoms with Gasteiger partial charge in [-0.05, 0) is 19.1 Å². The summed E-state index contributed by atoms with van der Waals surface area (Å²) in [6.45, 7) is 5.33. The molecule has 1 atom stereocenters. The maximum absolute atomic E-state index is 5.77. The Balaban J connectivity index is 1.96. The molecule has 1 aromatic rings. The summed E-state index contributed by atoms with van der Waals surface area (Å²) >= 11 is 1.52. The van der Waals surface area contributed by atoms with Crippen LogP contribution in [0.2, 0.25) is 0 Å². The number of aromatic nitrogens is 2. The van der Waals surface area contributed by atoms with Crippen LogP contribution in [0.15, 0.2) is 11.2 Å². The lowest BCUT2D eigenvalue weighted by Gasteiger charge is -2.12. The first-order valence-corrected chi connectivity index (χ1v) is 7.91. The molecule has 1 N–H and O–H groups in total.